The number of likely N-dealkylation sites (tertiary alicyclic amines) is 1. The second kappa shape index (κ2) is 9.15. The van der Waals surface area contributed by atoms with E-state index in [4.69, 9.17) is 14.5 Å². The SMILES string of the molecule is CCN=C(NC1C2CCCOC2C1(C)C)N1CCC(Oc2ccccn2)C1.I. The van der Waals surface area contributed by atoms with Crippen molar-refractivity contribution >= 4 is 29.9 Å². The number of ether oxygens (including phenoxy) is 2. The van der Waals surface area contributed by atoms with Crippen molar-refractivity contribution in [3.8, 4) is 5.88 Å². The van der Waals surface area contributed by atoms with Crippen molar-refractivity contribution in [2.45, 2.75) is 58.3 Å². The normalized spacial score (nSPS) is 31.4. The van der Waals surface area contributed by atoms with E-state index in [-0.39, 0.29) is 35.5 Å². The topological polar surface area (TPSA) is 59.0 Å². The van der Waals surface area contributed by atoms with Gasteiger partial charge in [-0.15, -0.1) is 24.0 Å². The average molecular weight is 500 g/mol. The molecule has 4 atom stereocenters. The van der Waals surface area contributed by atoms with Crippen molar-refractivity contribution < 1.29 is 9.47 Å². The fourth-order valence-corrected chi connectivity index (χ4v) is 4.95. The zero-order valence-electron chi connectivity index (χ0n) is 17.1. The third kappa shape index (κ3) is 4.25. The van der Waals surface area contributed by atoms with E-state index < -0.39 is 0 Å². The van der Waals surface area contributed by atoms with E-state index in [1.54, 1.807) is 6.20 Å². The Morgan fingerprint density at radius 1 is 1.39 bits per heavy atom. The average Bonchev–Trinajstić information content (AvgIpc) is 3.14. The number of nitrogens with one attached hydrogen (secondary N) is 1. The number of aliphatic imine (C=N–C) groups is 1. The molecule has 4 unspecified atom stereocenters. The molecule has 2 saturated heterocycles. The van der Waals surface area contributed by atoms with Gasteiger partial charge in [-0.25, -0.2) is 4.98 Å². The third-order valence-electron chi connectivity index (χ3n) is 6.29. The molecular formula is C21H33IN4O2. The Balaban J connectivity index is 0.00000225. The molecule has 156 valence electrons. The highest BCUT2D eigenvalue weighted by molar-refractivity contribution is 14.0. The number of aromatic nitrogens is 1. The molecule has 0 aromatic carbocycles. The van der Waals surface area contributed by atoms with Crippen LogP contribution in [0.15, 0.2) is 29.4 Å². The van der Waals surface area contributed by atoms with E-state index in [0.29, 0.717) is 23.9 Å². The minimum Gasteiger partial charge on any atom is -0.472 e. The van der Waals surface area contributed by atoms with Crippen molar-refractivity contribution in [3.05, 3.63) is 24.4 Å². The summed E-state index contributed by atoms with van der Waals surface area (Å²) in [6.45, 7) is 10.2. The molecule has 1 aromatic heterocycles. The Hall–Kier alpha value is -1.09. The predicted octanol–water partition coefficient (Wildman–Crippen LogP) is 3.32. The first kappa shape index (κ1) is 21.6. The summed E-state index contributed by atoms with van der Waals surface area (Å²) in [5.41, 5.74) is 0.142. The van der Waals surface area contributed by atoms with Crippen LogP contribution in [-0.2, 0) is 4.74 Å². The summed E-state index contributed by atoms with van der Waals surface area (Å²) >= 11 is 0. The van der Waals surface area contributed by atoms with Crippen LogP contribution in [-0.4, -0.2) is 60.3 Å². The highest BCUT2D eigenvalue weighted by Crippen LogP contribution is 2.51. The number of rotatable bonds is 4. The Kier molecular flexibility index (Phi) is 7.07. The van der Waals surface area contributed by atoms with Crippen LogP contribution in [0.4, 0.5) is 0 Å². The van der Waals surface area contributed by atoms with E-state index in [1.807, 2.05) is 18.2 Å². The first-order valence-corrected chi connectivity index (χ1v) is 10.3. The molecule has 7 heteroatoms. The van der Waals surface area contributed by atoms with Gasteiger partial charge >= 0.3 is 0 Å². The first-order valence-electron chi connectivity index (χ1n) is 10.3. The van der Waals surface area contributed by atoms with Crippen LogP contribution in [0.1, 0.15) is 40.0 Å². The van der Waals surface area contributed by atoms with E-state index in [1.165, 1.54) is 12.8 Å². The highest BCUT2D eigenvalue weighted by atomic mass is 127. The van der Waals surface area contributed by atoms with Gasteiger partial charge in [-0.3, -0.25) is 4.99 Å². The van der Waals surface area contributed by atoms with Crippen molar-refractivity contribution in [1.82, 2.24) is 15.2 Å². The van der Waals surface area contributed by atoms with Gasteiger partial charge in [0.15, 0.2) is 5.96 Å². The molecule has 6 nitrogen and oxygen atoms in total. The number of hydrogen-bond acceptors (Lipinski definition) is 4. The van der Waals surface area contributed by atoms with Gasteiger partial charge in [-0.2, -0.15) is 0 Å². The van der Waals surface area contributed by atoms with E-state index >= 15 is 0 Å². The second-order valence-corrected chi connectivity index (χ2v) is 8.48. The minimum absolute atomic E-state index is 0. The molecule has 0 bridgehead atoms. The molecule has 0 spiro atoms. The molecule has 0 radical (unpaired) electrons. The molecule has 28 heavy (non-hydrogen) atoms. The maximum Gasteiger partial charge on any atom is 0.213 e. The van der Waals surface area contributed by atoms with Crippen molar-refractivity contribution in [1.29, 1.82) is 0 Å². The quantitative estimate of drug-likeness (QED) is 0.391. The van der Waals surface area contributed by atoms with E-state index in [0.717, 1.165) is 38.6 Å². The summed E-state index contributed by atoms with van der Waals surface area (Å²) in [7, 11) is 0. The molecule has 1 aliphatic carbocycles. The van der Waals surface area contributed by atoms with Crippen LogP contribution in [0.5, 0.6) is 5.88 Å². The summed E-state index contributed by atoms with van der Waals surface area (Å²) in [5.74, 6) is 2.32. The lowest BCUT2D eigenvalue weighted by Gasteiger charge is -2.60. The number of halogens is 1. The highest BCUT2D eigenvalue weighted by Gasteiger charge is 2.58. The summed E-state index contributed by atoms with van der Waals surface area (Å²) < 4.78 is 12.1. The van der Waals surface area contributed by atoms with Gasteiger partial charge < -0.3 is 19.7 Å². The van der Waals surface area contributed by atoms with E-state index in [2.05, 4.69) is 36.0 Å². The molecule has 2 aliphatic heterocycles. The number of fused-ring (bicyclic) bond motifs is 1. The van der Waals surface area contributed by atoms with Crippen molar-refractivity contribution in [3.63, 3.8) is 0 Å². The molecule has 4 rings (SSSR count). The molecule has 1 saturated carbocycles. The van der Waals surface area contributed by atoms with Gasteiger partial charge in [0, 0.05) is 55.8 Å². The molecule has 3 heterocycles. The van der Waals surface area contributed by atoms with Crippen LogP contribution < -0.4 is 10.1 Å². The van der Waals surface area contributed by atoms with Crippen LogP contribution in [0.3, 0.4) is 0 Å². The van der Waals surface area contributed by atoms with Gasteiger partial charge in [0.25, 0.3) is 0 Å². The summed E-state index contributed by atoms with van der Waals surface area (Å²) in [4.78, 5) is 11.4. The molecule has 3 aliphatic rings. The molecule has 0 amide bonds. The van der Waals surface area contributed by atoms with Crippen LogP contribution in [0.25, 0.3) is 0 Å². The smallest absolute Gasteiger partial charge is 0.213 e. The Bertz CT molecular complexity index is 670. The lowest BCUT2D eigenvalue weighted by Crippen LogP contribution is -2.71. The largest absolute Gasteiger partial charge is 0.472 e. The fourth-order valence-electron chi connectivity index (χ4n) is 4.95. The summed E-state index contributed by atoms with van der Waals surface area (Å²) in [6, 6.07) is 6.21. The van der Waals surface area contributed by atoms with Gasteiger partial charge in [0.05, 0.1) is 12.6 Å². The molecule has 1 N–H and O–H groups in total. The van der Waals surface area contributed by atoms with Gasteiger partial charge in [0.1, 0.15) is 6.10 Å². The number of guanidine groups is 1. The monoisotopic (exact) mass is 500 g/mol. The van der Waals surface area contributed by atoms with Crippen molar-refractivity contribution in [2.75, 3.05) is 26.2 Å². The lowest BCUT2D eigenvalue weighted by atomic mass is 9.55. The number of nitrogens with zero attached hydrogens (tertiary/aromatic N) is 3. The van der Waals surface area contributed by atoms with Gasteiger partial charge in [-0.1, -0.05) is 19.9 Å². The summed E-state index contributed by atoms with van der Waals surface area (Å²) in [5, 5.41) is 3.79. The van der Waals surface area contributed by atoms with Crippen molar-refractivity contribution in [2.24, 2.45) is 16.3 Å². The molecule has 1 aromatic rings. The second-order valence-electron chi connectivity index (χ2n) is 8.48. The number of hydrogen-bond donors (Lipinski definition) is 1. The zero-order valence-corrected chi connectivity index (χ0v) is 19.5. The third-order valence-corrected chi connectivity index (χ3v) is 6.29. The van der Waals surface area contributed by atoms with Crippen LogP contribution >= 0.6 is 24.0 Å². The maximum atomic E-state index is 6.05. The van der Waals surface area contributed by atoms with Crippen LogP contribution in [0, 0.1) is 11.3 Å². The molecular weight excluding hydrogens is 467 g/mol. The van der Waals surface area contributed by atoms with Gasteiger partial charge in [0.2, 0.25) is 5.88 Å². The Morgan fingerprint density at radius 2 is 2.25 bits per heavy atom. The van der Waals surface area contributed by atoms with E-state index in [9.17, 15) is 0 Å². The number of pyridine rings is 1. The summed E-state index contributed by atoms with van der Waals surface area (Å²) in [6.07, 6.45) is 5.71. The Morgan fingerprint density at radius 3 is 3.00 bits per heavy atom. The lowest BCUT2D eigenvalue weighted by molar-refractivity contribution is -0.188. The minimum atomic E-state index is 0. The van der Waals surface area contributed by atoms with Gasteiger partial charge in [-0.05, 0) is 25.8 Å². The Labute approximate surface area is 185 Å². The maximum absolute atomic E-state index is 6.05. The predicted molar refractivity (Wildman–Crippen MR) is 121 cm³/mol. The molecule has 3 fully saturated rings. The van der Waals surface area contributed by atoms with Crippen LogP contribution in [0.2, 0.25) is 0 Å². The standard InChI is InChI=1S/C21H32N4O2.HI/c1-4-22-20(24-18-16-8-7-13-26-19(16)21(18,2)3)25-12-10-15(14-25)27-17-9-5-6-11-23-17;/h5-6,9,11,15-16,18-19H,4,7-8,10,12-14H2,1-3H3,(H,22,24);1H. The zero-order chi connectivity index (χ0) is 18.9. The fraction of sp³-hybridized carbons (Fsp3) is 0.714. The first-order chi connectivity index (χ1) is 13.1.